The highest BCUT2D eigenvalue weighted by Gasteiger charge is 2.35. The van der Waals surface area contributed by atoms with Crippen LogP contribution in [0.15, 0.2) is 17.2 Å². The molecule has 29 heavy (non-hydrogen) atoms. The fraction of sp³-hybridized carbons (Fsp3) is 0.684. The van der Waals surface area contributed by atoms with Crippen molar-refractivity contribution >= 4 is 21.8 Å². The van der Waals surface area contributed by atoms with Gasteiger partial charge in [0.25, 0.3) is 0 Å². The maximum Gasteiger partial charge on any atom is 0.339 e. The van der Waals surface area contributed by atoms with Crippen LogP contribution in [0.2, 0.25) is 0 Å². The topological polar surface area (TPSA) is 101 Å². The number of methoxy groups -OCH3 is 1. The molecule has 1 saturated carbocycles. The van der Waals surface area contributed by atoms with Crippen molar-refractivity contribution in [1.82, 2.24) is 14.2 Å². The van der Waals surface area contributed by atoms with E-state index in [2.05, 4.69) is 15.2 Å². The highest BCUT2D eigenvalue weighted by atomic mass is 32.2. The summed E-state index contributed by atoms with van der Waals surface area (Å²) in [5.41, 5.74) is 0.116. The summed E-state index contributed by atoms with van der Waals surface area (Å²) in [5, 5.41) is 3.24. The number of carbonyl (C=O) groups is 1. The minimum Gasteiger partial charge on any atom is -0.465 e. The van der Waals surface area contributed by atoms with Gasteiger partial charge in [0.1, 0.15) is 10.7 Å². The number of ether oxygens (including phenoxy) is 2. The largest absolute Gasteiger partial charge is 0.465 e. The lowest BCUT2D eigenvalue weighted by Gasteiger charge is -2.27. The second-order valence-corrected chi connectivity index (χ2v) is 9.75. The highest BCUT2D eigenvalue weighted by molar-refractivity contribution is 7.89. The molecule has 1 aliphatic carbocycles. The number of likely N-dealkylation sites (tertiary alicyclic amines) is 1. The Bertz CT molecular complexity index is 852. The smallest absolute Gasteiger partial charge is 0.339 e. The first kappa shape index (κ1) is 20.5. The number of anilines is 1. The van der Waals surface area contributed by atoms with Crippen LogP contribution in [0.25, 0.3) is 0 Å². The van der Waals surface area contributed by atoms with Gasteiger partial charge in [-0.3, -0.25) is 0 Å². The third kappa shape index (κ3) is 4.55. The third-order valence-electron chi connectivity index (χ3n) is 5.80. The van der Waals surface area contributed by atoms with E-state index in [-0.39, 0.29) is 29.4 Å². The molecule has 0 amide bonds. The Balaban J connectivity index is 1.54. The van der Waals surface area contributed by atoms with Crippen molar-refractivity contribution in [1.29, 1.82) is 0 Å². The first-order valence-electron chi connectivity index (χ1n) is 10.1. The quantitative estimate of drug-likeness (QED) is 0.641. The third-order valence-corrected chi connectivity index (χ3v) is 7.71. The van der Waals surface area contributed by atoms with E-state index in [9.17, 15) is 13.2 Å². The number of carbonyl (C=O) groups excluding carboxylic acids is 1. The Labute approximate surface area is 171 Å². The Hall–Kier alpha value is -1.75. The molecule has 3 aliphatic rings. The molecule has 1 aromatic heterocycles. The molecule has 1 N–H and O–H groups in total. The van der Waals surface area contributed by atoms with Gasteiger partial charge in [-0.1, -0.05) is 0 Å². The molecule has 0 radical (unpaired) electrons. The monoisotopic (exact) mass is 424 g/mol. The summed E-state index contributed by atoms with van der Waals surface area (Å²) >= 11 is 0. The number of sulfonamides is 1. The summed E-state index contributed by atoms with van der Waals surface area (Å²) in [6.45, 7) is 4.05. The summed E-state index contributed by atoms with van der Waals surface area (Å²) in [4.78, 5) is 18.7. The molecule has 0 bridgehead atoms. The zero-order valence-corrected chi connectivity index (χ0v) is 17.5. The predicted octanol–water partition coefficient (Wildman–Crippen LogP) is 0.785. The number of hydrogen-bond acceptors (Lipinski definition) is 8. The normalized spacial score (nSPS) is 23.8. The number of morpholine rings is 1. The van der Waals surface area contributed by atoms with Crippen LogP contribution in [0.5, 0.6) is 0 Å². The first-order valence-corrected chi connectivity index (χ1v) is 11.6. The number of aromatic nitrogens is 1. The van der Waals surface area contributed by atoms with E-state index in [1.807, 2.05) is 0 Å². The van der Waals surface area contributed by atoms with E-state index < -0.39 is 16.0 Å². The van der Waals surface area contributed by atoms with Crippen molar-refractivity contribution < 1.29 is 22.7 Å². The van der Waals surface area contributed by atoms with Crippen LogP contribution in [-0.4, -0.2) is 87.7 Å². The molecule has 0 spiro atoms. The van der Waals surface area contributed by atoms with Crippen LogP contribution in [-0.2, 0) is 19.5 Å². The average Bonchev–Trinajstić information content (AvgIpc) is 3.50. The van der Waals surface area contributed by atoms with Crippen molar-refractivity contribution in [2.24, 2.45) is 5.92 Å². The van der Waals surface area contributed by atoms with Crippen molar-refractivity contribution in [2.45, 2.75) is 30.2 Å². The van der Waals surface area contributed by atoms with E-state index in [0.717, 1.165) is 25.6 Å². The molecule has 9 nitrogen and oxygen atoms in total. The van der Waals surface area contributed by atoms with Crippen molar-refractivity contribution in [3.05, 3.63) is 17.8 Å². The maximum absolute atomic E-state index is 13.2. The van der Waals surface area contributed by atoms with E-state index in [0.29, 0.717) is 25.7 Å². The zero-order chi connectivity index (χ0) is 20.4. The summed E-state index contributed by atoms with van der Waals surface area (Å²) in [6.07, 6.45) is 5.03. The lowest BCUT2D eigenvalue weighted by molar-refractivity contribution is 0.0600. The molecule has 1 aromatic rings. The number of nitrogens with one attached hydrogen (secondary N) is 1. The van der Waals surface area contributed by atoms with Crippen LogP contribution < -0.4 is 5.32 Å². The van der Waals surface area contributed by atoms with Crippen LogP contribution in [0, 0.1) is 5.92 Å². The number of rotatable bonds is 7. The van der Waals surface area contributed by atoms with Crippen LogP contribution in [0.1, 0.15) is 29.6 Å². The number of pyridine rings is 1. The lowest BCUT2D eigenvalue weighted by atomic mass is 10.1. The molecule has 3 fully saturated rings. The molecular weight excluding hydrogens is 396 g/mol. The Morgan fingerprint density at radius 3 is 2.72 bits per heavy atom. The zero-order valence-electron chi connectivity index (χ0n) is 16.7. The summed E-state index contributed by atoms with van der Waals surface area (Å²) in [6, 6.07) is 2.10. The van der Waals surface area contributed by atoms with E-state index in [4.69, 9.17) is 9.47 Å². The summed E-state index contributed by atoms with van der Waals surface area (Å²) in [5.74, 6) is 0.129. The average molecular weight is 425 g/mol. The van der Waals surface area contributed by atoms with E-state index in [1.165, 1.54) is 36.5 Å². The van der Waals surface area contributed by atoms with Gasteiger partial charge in [-0.05, 0) is 37.8 Å². The molecule has 3 heterocycles. The minimum absolute atomic E-state index is 0.0133. The molecule has 160 valence electrons. The number of hydrogen-bond donors (Lipinski definition) is 1. The van der Waals surface area contributed by atoms with Gasteiger partial charge in [0.15, 0.2) is 0 Å². The second kappa shape index (κ2) is 8.55. The molecule has 10 heteroatoms. The summed E-state index contributed by atoms with van der Waals surface area (Å²) < 4.78 is 37.9. The SMILES string of the molecule is COC(=O)c1cnc(NCC2CCN(C3CC3)C2)c(S(=O)(=O)N2CCOCC2)c1. The molecule has 1 atom stereocenters. The van der Waals surface area contributed by atoms with Crippen LogP contribution >= 0.6 is 0 Å². The van der Waals surface area contributed by atoms with Crippen molar-refractivity contribution in [2.75, 3.05) is 58.4 Å². The maximum atomic E-state index is 13.2. The Kier molecular flexibility index (Phi) is 6.05. The second-order valence-electron chi connectivity index (χ2n) is 7.84. The number of esters is 1. The molecule has 4 rings (SSSR count). The Morgan fingerprint density at radius 2 is 2.03 bits per heavy atom. The van der Waals surface area contributed by atoms with Gasteiger partial charge in [-0.15, -0.1) is 0 Å². The molecule has 2 aliphatic heterocycles. The molecule has 2 saturated heterocycles. The fourth-order valence-corrected chi connectivity index (χ4v) is 5.52. The van der Waals surface area contributed by atoms with Crippen LogP contribution in [0.4, 0.5) is 5.82 Å². The molecular formula is C19H28N4O5S. The van der Waals surface area contributed by atoms with Gasteiger partial charge < -0.3 is 19.7 Å². The highest BCUT2D eigenvalue weighted by Crippen LogP contribution is 2.32. The lowest BCUT2D eigenvalue weighted by Crippen LogP contribution is -2.41. The van der Waals surface area contributed by atoms with Gasteiger partial charge in [-0.2, -0.15) is 4.31 Å². The molecule has 1 unspecified atom stereocenters. The van der Waals surface area contributed by atoms with Gasteiger partial charge in [0.2, 0.25) is 10.0 Å². The van der Waals surface area contributed by atoms with Gasteiger partial charge in [-0.25, -0.2) is 18.2 Å². The molecule has 0 aromatic carbocycles. The van der Waals surface area contributed by atoms with E-state index in [1.54, 1.807) is 0 Å². The van der Waals surface area contributed by atoms with Crippen molar-refractivity contribution in [3.63, 3.8) is 0 Å². The first-order chi connectivity index (χ1) is 14.0. The van der Waals surface area contributed by atoms with Crippen molar-refractivity contribution in [3.8, 4) is 0 Å². The van der Waals surface area contributed by atoms with E-state index >= 15 is 0 Å². The number of nitrogens with zero attached hydrogens (tertiary/aromatic N) is 3. The standard InChI is InChI=1S/C19H28N4O5S/c1-27-19(24)15-10-17(29(25,26)23-6-8-28-9-7-23)18(21-12-15)20-11-14-4-5-22(13-14)16-2-3-16/h10,12,14,16H,2-9,11,13H2,1H3,(H,20,21). The van der Waals surface area contributed by atoms with Gasteiger partial charge >= 0.3 is 5.97 Å². The minimum atomic E-state index is -3.81. The predicted molar refractivity (Wildman–Crippen MR) is 106 cm³/mol. The Morgan fingerprint density at radius 1 is 1.28 bits per heavy atom. The fourth-order valence-electron chi connectivity index (χ4n) is 3.97. The van der Waals surface area contributed by atoms with Gasteiger partial charge in [0.05, 0.1) is 25.9 Å². The summed E-state index contributed by atoms with van der Waals surface area (Å²) in [7, 11) is -2.55. The van der Waals surface area contributed by atoms with Crippen LogP contribution in [0.3, 0.4) is 0 Å². The van der Waals surface area contributed by atoms with Gasteiger partial charge in [0, 0.05) is 38.4 Å².